The summed E-state index contributed by atoms with van der Waals surface area (Å²) in [5, 5.41) is 10.8. The number of likely N-dealkylation sites (N-methyl/N-ethyl adjacent to an activating group) is 1. The summed E-state index contributed by atoms with van der Waals surface area (Å²) in [5.41, 5.74) is 6.04. The summed E-state index contributed by atoms with van der Waals surface area (Å²) < 4.78 is 0. The van der Waals surface area contributed by atoms with Gasteiger partial charge in [0.1, 0.15) is 5.69 Å². The van der Waals surface area contributed by atoms with E-state index < -0.39 is 10.5 Å². The summed E-state index contributed by atoms with van der Waals surface area (Å²) in [5.74, 6) is 0.0728. The second-order valence-electron chi connectivity index (χ2n) is 5.86. The molecule has 1 heterocycles. The van der Waals surface area contributed by atoms with E-state index in [2.05, 4.69) is 4.90 Å². The van der Waals surface area contributed by atoms with Gasteiger partial charge in [0.25, 0.3) is 5.69 Å². The number of carbonyl (C=O) groups excluding carboxylic acids is 1. The summed E-state index contributed by atoms with van der Waals surface area (Å²) in [4.78, 5) is 26.3. The normalized spacial score (nSPS) is 18.8. The van der Waals surface area contributed by atoms with E-state index in [0.29, 0.717) is 13.1 Å². The quantitative estimate of drug-likeness (QED) is 0.514. The molecule has 7 nitrogen and oxygen atoms in total. The van der Waals surface area contributed by atoms with E-state index in [1.165, 1.54) is 6.07 Å². The highest BCUT2D eigenvalue weighted by Crippen LogP contribution is 2.27. The maximum absolute atomic E-state index is 12.2. The molecule has 0 atom stereocenters. The molecule has 114 valence electrons. The number of nitro groups is 1. The number of anilines is 1. The average Bonchev–Trinajstić information content (AvgIpc) is 2.40. The van der Waals surface area contributed by atoms with Crippen LogP contribution in [-0.4, -0.2) is 46.3 Å². The monoisotopic (exact) mass is 292 g/mol. The third-order valence-corrected chi connectivity index (χ3v) is 4.03. The molecule has 1 amide bonds. The van der Waals surface area contributed by atoms with Gasteiger partial charge in [-0.15, -0.1) is 0 Å². The van der Waals surface area contributed by atoms with Crippen LogP contribution >= 0.6 is 0 Å². The van der Waals surface area contributed by atoms with Crippen molar-refractivity contribution in [2.45, 2.75) is 25.9 Å². The summed E-state index contributed by atoms with van der Waals surface area (Å²) in [6.07, 6.45) is 0. The van der Waals surface area contributed by atoms with Crippen LogP contribution in [0.25, 0.3) is 0 Å². The molecule has 0 unspecified atom stereocenters. The Labute approximate surface area is 123 Å². The van der Waals surface area contributed by atoms with Crippen molar-refractivity contribution in [3.63, 3.8) is 0 Å². The number of carbonyl (C=O) groups is 1. The molecule has 1 fully saturated rings. The van der Waals surface area contributed by atoms with Gasteiger partial charge in [-0.1, -0.05) is 6.07 Å². The molecule has 2 N–H and O–H groups in total. The molecule has 0 saturated carbocycles. The smallest absolute Gasteiger partial charge is 0.292 e. The lowest BCUT2D eigenvalue weighted by Gasteiger charge is -2.44. The Morgan fingerprint density at radius 3 is 2.62 bits per heavy atom. The minimum Gasteiger partial charge on any atom is -0.393 e. The number of nitro benzene ring substituents is 1. The number of nitrogens with two attached hydrogens (primary N) is 1. The van der Waals surface area contributed by atoms with Crippen molar-refractivity contribution in [3.05, 3.63) is 33.9 Å². The molecular formula is C14H20N4O3. The Morgan fingerprint density at radius 2 is 2.05 bits per heavy atom. The van der Waals surface area contributed by atoms with Crippen molar-refractivity contribution in [3.8, 4) is 0 Å². The number of amides is 1. The number of benzene rings is 1. The lowest BCUT2D eigenvalue weighted by atomic mass is 9.97. The lowest BCUT2D eigenvalue weighted by molar-refractivity contribution is -0.383. The highest BCUT2D eigenvalue weighted by Gasteiger charge is 2.40. The van der Waals surface area contributed by atoms with Crippen LogP contribution in [0.4, 0.5) is 11.4 Å². The van der Waals surface area contributed by atoms with E-state index in [1.807, 2.05) is 13.8 Å². The molecule has 0 radical (unpaired) electrons. The summed E-state index contributed by atoms with van der Waals surface area (Å²) in [7, 11) is 1.80. The average molecular weight is 292 g/mol. The van der Waals surface area contributed by atoms with Crippen molar-refractivity contribution >= 4 is 17.3 Å². The largest absolute Gasteiger partial charge is 0.393 e. The Bertz CT molecular complexity index is 586. The minimum atomic E-state index is -0.594. The Hall–Kier alpha value is -2.15. The molecule has 21 heavy (non-hydrogen) atoms. The number of nitrogen functional groups attached to an aromatic ring is 1. The predicted molar refractivity (Wildman–Crippen MR) is 79.6 cm³/mol. The van der Waals surface area contributed by atoms with Crippen LogP contribution in [0.5, 0.6) is 0 Å². The van der Waals surface area contributed by atoms with Gasteiger partial charge in [-0.2, -0.15) is 0 Å². The highest BCUT2D eigenvalue weighted by molar-refractivity contribution is 5.86. The fraction of sp³-hybridized carbons (Fsp3) is 0.500. The standard InChI is InChI=1S/C14H20N4O3/c1-14(2)13(19)16(3)6-7-17(14)9-10-4-5-12(18(20)21)11(15)8-10/h4-5,8H,6-7,9,15H2,1-3H3. The second kappa shape index (κ2) is 5.33. The zero-order valence-corrected chi connectivity index (χ0v) is 12.5. The van der Waals surface area contributed by atoms with Gasteiger partial charge in [0, 0.05) is 32.7 Å². The zero-order valence-electron chi connectivity index (χ0n) is 12.5. The first kappa shape index (κ1) is 15.2. The van der Waals surface area contributed by atoms with Crippen molar-refractivity contribution in [2.24, 2.45) is 0 Å². The first-order valence-electron chi connectivity index (χ1n) is 6.77. The van der Waals surface area contributed by atoms with E-state index >= 15 is 0 Å². The van der Waals surface area contributed by atoms with Crippen LogP contribution in [0.2, 0.25) is 0 Å². The molecule has 0 aromatic heterocycles. The molecule has 1 saturated heterocycles. The van der Waals surface area contributed by atoms with Crippen LogP contribution in [0, 0.1) is 10.1 Å². The fourth-order valence-electron chi connectivity index (χ4n) is 2.62. The molecule has 1 aromatic rings. The predicted octanol–water partition coefficient (Wildman–Crippen LogP) is 1.23. The second-order valence-corrected chi connectivity index (χ2v) is 5.86. The van der Waals surface area contributed by atoms with Gasteiger partial charge in [0.05, 0.1) is 10.5 Å². The Balaban J connectivity index is 2.20. The third-order valence-electron chi connectivity index (χ3n) is 4.03. The first-order valence-corrected chi connectivity index (χ1v) is 6.77. The molecule has 0 bridgehead atoms. The van der Waals surface area contributed by atoms with E-state index in [-0.39, 0.29) is 17.3 Å². The van der Waals surface area contributed by atoms with Crippen molar-refractivity contribution in [1.82, 2.24) is 9.80 Å². The Kier molecular flexibility index (Phi) is 3.87. The van der Waals surface area contributed by atoms with Gasteiger partial charge in [-0.05, 0) is 25.5 Å². The van der Waals surface area contributed by atoms with Gasteiger partial charge in [-0.3, -0.25) is 19.8 Å². The maximum Gasteiger partial charge on any atom is 0.292 e. The third kappa shape index (κ3) is 2.82. The molecule has 2 rings (SSSR count). The number of nitrogens with zero attached hydrogens (tertiary/aromatic N) is 3. The van der Waals surface area contributed by atoms with Crippen LogP contribution in [0.1, 0.15) is 19.4 Å². The van der Waals surface area contributed by atoms with Crippen molar-refractivity contribution in [1.29, 1.82) is 0 Å². The van der Waals surface area contributed by atoms with Crippen molar-refractivity contribution < 1.29 is 9.72 Å². The van der Waals surface area contributed by atoms with Crippen LogP contribution in [-0.2, 0) is 11.3 Å². The van der Waals surface area contributed by atoms with Gasteiger partial charge in [0.2, 0.25) is 5.91 Å². The van der Waals surface area contributed by atoms with E-state index in [9.17, 15) is 14.9 Å². The molecule has 1 aliphatic rings. The molecule has 0 spiro atoms. The van der Waals surface area contributed by atoms with Crippen LogP contribution < -0.4 is 5.73 Å². The fourth-order valence-corrected chi connectivity index (χ4v) is 2.62. The van der Waals surface area contributed by atoms with Gasteiger partial charge < -0.3 is 10.6 Å². The van der Waals surface area contributed by atoms with E-state index in [0.717, 1.165) is 12.1 Å². The van der Waals surface area contributed by atoms with Gasteiger partial charge >= 0.3 is 0 Å². The number of piperazine rings is 1. The number of hydrogen-bond donors (Lipinski definition) is 1. The SMILES string of the molecule is CN1CCN(Cc2ccc([N+](=O)[O-])c(N)c2)C(C)(C)C1=O. The molecular weight excluding hydrogens is 272 g/mol. The van der Waals surface area contributed by atoms with Gasteiger partial charge in [-0.25, -0.2) is 0 Å². The highest BCUT2D eigenvalue weighted by atomic mass is 16.6. The van der Waals surface area contributed by atoms with Gasteiger partial charge in [0.15, 0.2) is 0 Å². The Morgan fingerprint density at radius 1 is 1.38 bits per heavy atom. The van der Waals surface area contributed by atoms with E-state index in [4.69, 9.17) is 5.73 Å². The van der Waals surface area contributed by atoms with Crippen LogP contribution in [0.15, 0.2) is 18.2 Å². The van der Waals surface area contributed by atoms with Crippen LogP contribution in [0.3, 0.4) is 0 Å². The summed E-state index contributed by atoms with van der Waals surface area (Å²) >= 11 is 0. The molecule has 0 aliphatic carbocycles. The maximum atomic E-state index is 12.2. The summed E-state index contributed by atoms with van der Waals surface area (Å²) in [6.45, 7) is 5.74. The molecule has 1 aliphatic heterocycles. The number of rotatable bonds is 3. The lowest BCUT2D eigenvalue weighted by Crippen LogP contribution is -2.61. The van der Waals surface area contributed by atoms with E-state index in [1.54, 1.807) is 24.1 Å². The molecule has 7 heteroatoms. The first-order chi connectivity index (χ1) is 9.73. The van der Waals surface area contributed by atoms with Crippen molar-refractivity contribution in [2.75, 3.05) is 25.9 Å². The zero-order chi connectivity index (χ0) is 15.8. The minimum absolute atomic E-state index is 0.0728. The number of hydrogen-bond acceptors (Lipinski definition) is 5. The molecule has 1 aromatic carbocycles. The summed E-state index contributed by atoms with van der Waals surface area (Å²) in [6, 6.07) is 4.71. The topological polar surface area (TPSA) is 92.7 Å².